The van der Waals surface area contributed by atoms with Gasteiger partial charge in [-0.25, -0.2) is 9.69 Å². The van der Waals surface area contributed by atoms with Crippen molar-refractivity contribution in [3.63, 3.8) is 0 Å². The van der Waals surface area contributed by atoms with Crippen LogP contribution < -0.4 is 19.7 Å². The van der Waals surface area contributed by atoms with Gasteiger partial charge in [-0.15, -0.1) is 0 Å². The van der Waals surface area contributed by atoms with Gasteiger partial charge in [0.25, 0.3) is 11.8 Å². The van der Waals surface area contributed by atoms with Gasteiger partial charge < -0.3 is 9.47 Å². The predicted octanol–water partition coefficient (Wildman–Crippen LogP) is 4.38. The molecule has 9 heteroatoms. The third-order valence-electron chi connectivity index (χ3n) is 4.36. The summed E-state index contributed by atoms with van der Waals surface area (Å²) in [5.41, 5.74) is 1.12. The maximum atomic E-state index is 13.1. The Morgan fingerprint density at radius 3 is 2.53 bits per heavy atom. The molecule has 0 saturated carbocycles. The molecule has 3 rings (SSSR count). The normalized spacial score (nSPS) is 15.4. The van der Waals surface area contributed by atoms with Crippen molar-refractivity contribution in [1.82, 2.24) is 5.32 Å². The Bertz CT molecular complexity index is 1080. The highest BCUT2D eigenvalue weighted by Crippen LogP contribution is 2.37. The molecule has 0 spiro atoms. The quantitative estimate of drug-likeness (QED) is 0.541. The zero-order valence-corrected chi connectivity index (χ0v) is 17.9. The van der Waals surface area contributed by atoms with E-state index in [2.05, 4.69) is 5.32 Å². The van der Waals surface area contributed by atoms with Gasteiger partial charge in [-0.05, 0) is 55.3 Å². The number of hydrogen-bond acceptors (Lipinski definition) is 5. The summed E-state index contributed by atoms with van der Waals surface area (Å²) < 4.78 is 10.8. The van der Waals surface area contributed by atoms with Crippen molar-refractivity contribution in [2.75, 3.05) is 18.6 Å². The maximum Gasteiger partial charge on any atom is 0.335 e. The number of rotatable bonds is 5. The molecule has 2 aromatic rings. The standard InChI is InChI=1S/C21H18Cl2N2O5/c1-4-30-17-9-12(8-15(23)18(17)29-3)7-14-19(26)24-21(28)25(20(14)27)16-10-13(22)6-5-11(16)2/h5-10H,4H2,1-3H3,(H,24,26,28)/b14-7+. The third kappa shape index (κ3) is 4.13. The van der Waals surface area contributed by atoms with Crippen LogP contribution >= 0.6 is 23.2 Å². The van der Waals surface area contributed by atoms with Gasteiger partial charge in [0.1, 0.15) is 5.57 Å². The summed E-state index contributed by atoms with van der Waals surface area (Å²) in [6.07, 6.45) is 1.34. The van der Waals surface area contributed by atoms with Gasteiger partial charge >= 0.3 is 6.03 Å². The van der Waals surface area contributed by atoms with Gasteiger partial charge in [0.2, 0.25) is 0 Å². The number of anilines is 1. The summed E-state index contributed by atoms with van der Waals surface area (Å²) in [5, 5.41) is 2.78. The van der Waals surface area contributed by atoms with E-state index >= 15 is 0 Å². The van der Waals surface area contributed by atoms with Gasteiger partial charge in [0.15, 0.2) is 11.5 Å². The molecule has 1 aliphatic rings. The maximum absolute atomic E-state index is 13.1. The number of nitrogens with zero attached hydrogens (tertiary/aromatic N) is 1. The summed E-state index contributed by atoms with van der Waals surface area (Å²) in [6, 6.07) is 7.07. The number of urea groups is 1. The molecule has 30 heavy (non-hydrogen) atoms. The third-order valence-corrected chi connectivity index (χ3v) is 4.88. The van der Waals surface area contributed by atoms with Crippen molar-refractivity contribution in [2.45, 2.75) is 13.8 Å². The minimum Gasteiger partial charge on any atom is -0.491 e. The van der Waals surface area contributed by atoms with E-state index in [1.165, 1.54) is 25.3 Å². The molecule has 156 valence electrons. The molecule has 1 fully saturated rings. The minimum absolute atomic E-state index is 0.238. The molecule has 4 amide bonds. The molecule has 0 aromatic heterocycles. The van der Waals surface area contributed by atoms with Crippen LogP contribution in [0.2, 0.25) is 10.0 Å². The first-order chi connectivity index (χ1) is 14.3. The molecule has 1 aliphatic heterocycles. The number of hydrogen-bond donors (Lipinski definition) is 1. The Balaban J connectivity index is 2.08. The minimum atomic E-state index is -0.852. The Morgan fingerprint density at radius 2 is 1.87 bits per heavy atom. The first-order valence-corrected chi connectivity index (χ1v) is 9.70. The molecule has 2 aromatic carbocycles. The van der Waals surface area contributed by atoms with Gasteiger partial charge in [-0.1, -0.05) is 29.3 Å². The Kier molecular flexibility index (Phi) is 6.34. The van der Waals surface area contributed by atoms with Gasteiger partial charge in [-0.3, -0.25) is 14.9 Å². The predicted molar refractivity (Wildman–Crippen MR) is 114 cm³/mol. The second-order valence-corrected chi connectivity index (χ2v) is 7.20. The van der Waals surface area contributed by atoms with Crippen molar-refractivity contribution < 1.29 is 23.9 Å². The summed E-state index contributed by atoms with van der Waals surface area (Å²) in [7, 11) is 1.46. The number of ether oxygens (including phenoxy) is 2. The second-order valence-electron chi connectivity index (χ2n) is 6.36. The van der Waals surface area contributed by atoms with E-state index in [0.29, 0.717) is 34.3 Å². The van der Waals surface area contributed by atoms with Gasteiger partial charge in [-0.2, -0.15) is 0 Å². The van der Waals surface area contributed by atoms with Crippen LogP contribution in [0.4, 0.5) is 10.5 Å². The molecule has 0 atom stereocenters. The number of aryl methyl sites for hydroxylation is 1. The average molecular weight is 449 g/mol. The number of carbonyl (C=O) groups is 3. The fourth-order valence-electron chi connectivity index (χ4n) is 3.00. The molecular formula is C21H18Cl2N2O5. The van der Waals surface area contributed by atoms with Gasteiger partial charge in [0, 0.05) is 5.02 Å². The number of benzene rings is 2. The van der Waals surface area contributed by atoms with Crippen LogP contribution in [0.1, 0.15) is 18.1 Å². The molecule has 7 nitrogen and oxygen atoms in total. The van der Waals surface area contributed by atoms with Crippen molar-refractivity contribution in [3.8, 4) is 11.5 Å². The van der Waals surface area contributed by atoms with Crippen LogP contribution in [0.5, 0.6) is 11.5 Å². The average Bonchev–Trinajstić information content (AvgIpc) is 2.68. The molecule has 0 aliphatic carbocycles. The monoisotopic (exact) mass is 448 g/mol. The number of methoxy groups -OCH3 is 1. The lowest BCUT2D eigenvalue weighted by Crippen LogP contribution is -2.54. The Hall–Kier alpha value is -3.03. The molecule has 1 saturated heterocycles. The van der Waals surface area contributed by atoms with E-state index in [1.807, 2.05) is 0 Å². The molecular weight excluding hydrogens is 431 g/mol. The van der Waals surface area contributed by atoms with Crippen molar-refractivity contribution in [3.05, 3.63) is 57.1 Å². The van der Waals surface area contributed by atoms with Crippen LogP contribution in [0.25, 0.3) is 6.08 Å². The molecule has 0 bridgehead atoms. The van der Waals surface area contributed by atoms with E-state index in [-0.39, 0.29) is 16.3 Å². The molecule has 1 heterocycles. The first-order valence-electron chi connectivity index (χ1n) is 8.94. The molecule has 1 N–H and O–H groups in total. The highest BCUT2D eigenvalue weighted by Gasteiger charge is 2.37. The van der Waals surface area contributed by atoms with E-state index in [9.17, 15) is 14.4 Å². The number of amides is 4. The van der Waals surface area contributed by atoms with E-state index in [4.69, 9.17) is 32.7 Å². The van der Waals surface area contributed by atoms with Crippen LogP contribution in [-0.4, -0.2) is 31.6 Å². The van der Waals surface area contributed by atoms with E-state index in [0.717, 1.165) is 4.90 Å². The summed E-state index contributed by atoms with van der Waals surface area (Å²) in [6.45, 7) is 3.89. The number of barbiturate groups is 1. The number of nitrogens with one attached hydrogen (secondary N) is 1. The van der Waals surface area contributed by atoms with Gasteiger partial charge in [0.05, 0.1) is 24.4 Å². The lowest BCUT2D eigenvalue weighted by Gasteiger charge is -2.27. The largest absolute Gasteiger partial charge is 0.491 e. The number of imide groups is 2. The van der Waals surface area contributed by atoms with Crippen LogP contribution in [0.15, 0.2) is 35.9 Å². The molecule has 0 unspecified atom stereocenters. The Labute approximate surface area is 183 Å². The van der Waals surface area contributed by atoms with Crippen LogP contribution in [0, 0.1) is 6.92 Å². The van der Waals surface area contributed by atoms with Crippen molar-refractivity contribution >= 4 is 52.8 Å². The zero-order chi connectivity index (χ0) is 22.0. The first kappa shape index (κ1) is 21.7. The highest BCUT2D eigenvalue weighted by molar-refractivity contribution is 6.40. The molecule has 0 radical (unpaired) electrons. The highest BCUT2D eigenvalue weighted by atomic mass is 35.5. The SMILES string of the molecule is CCOc1cc(/C=C2\C(=O)NC(=O)N(c3cc(Cl)ccc3C)C2=O)cc(Cl)c1OC. The van der Waals surface area contributed by atoms with E-state index < -0.39 is 17.8 Å². The summed E-state index contributed by atoms with van der Waals surface area (Å²) in [5.74, 6) is -0.891. The summed E-state index contributed by atoms with van der Waals surface area (Å²) >= 11 is 12.3. The topological polar surface area (TPSA) is 84.9 Å². The van der Waals surface area contributed by atoms with Crippen molar-refractivity contribution in [1.29, 1.82) is 0 Å². The van der Waals surface area contributed by atoms with Crippen LogP contribution in [0.3, 0.4) is 0 Å². The Morgan fingerprint density at radius 1 is 1.13 bits per heavy atom. The van der Waals surface area contributed by atoms with Crippen molar-refractivity contribution in [2.24, 2.45) is 0 Å². The number of halogens is 2. The van der Waals surface area contributed by atoms with Crippen LogP contribution in [-0.2, 0) is 9.59 Å². The fraction of sp³-hybridized carbons (Fsp3) is 0.190. The lowest BCUT2D eigenvalue weighted by atomic mass is 10.1. The lowest BCUT2D eigenvalue weighted by molar-refractivity contribution is -0.122. The zero-order valence-electron chi connectivity index (χ0n) is 16.4. The number of carbonyl (C=O) groups excluding carboxylic acids is 3. The fourth-order valence-corrected chi connectivity index (χ4v) is 3.46. The van der Waals surface area contributed by atoms with E-state index in [1.54, 1.807) is 32.0 Å². The smallest absolute Gasteiger partial charge is 0.335 e. The second kappa shape index (κ2) is 8.77. The summed E-state index contributed by atoms with van der Waals surface area (Å²) in [4.78, 5) is 38.8.